The first-order valence-corrected chi connectivity index (χ1v) is 6.31. The first-order valence-electron chi connectivity index (χ1n) is 6.31. The molecule has 1 aliphatic heterocycles. The van der Waals surface area contributed by atoms with E-state index in [1.54, 1.807) is 0 Å². The van der Waals surface area contributed by atoms with Crippen LogP contribution in [-0.4, -0.2) is 25.7 Å². The topological polar surface area (TPSA) is 47.6 Å². The normalized spacial score (nSPS) is 15.7. The highest BCUT2D eigenvalue weighted by atomic mass is 16.7. The molecule has 98 valence electrons. The highest BCUT2D eigenvalue weighted by Crippen LogP contribution is 2.27. The lowest BCUT2D eigenvalue weighted by Crippen LogP contribution is -2.34. The molecule has 0 radical (unpaired) electrons. The molecule has 1 N–H and O–H groups in total. The van der Waals surface area contributed by atoms with Gasteiger partial charge < -0.3 is 14.8 Å². The molecule has 1 aromatic rings. The highest BCUT2D eigenvalue weighted by molar-refractivity contribution is 6.01. The first kappa shape index (κ1) is 13.1. The average molecular weight is 249 g/mol. The van der Waals surface area contributed by atoms with Gasteiger partial charge in [-0.05, 0) is 19.5 Å². The molecule has 1 aliphatic rings. The number of hydrogen-bond acceptors (Lipinski definition) is 4. The van der Waals surface area contributed by atoms with Crippen LogP contribution in [-0.2, 0) is 11.3 Å². The van der Waals surface area contributed by atoms with E-state index in [1.165, 1.54) is 0 Å². The summed E-state index contributed by atoms with van der Waals surface area (Å²) in [7, 11) is 1.82. The average Bonchev–Trinajstić information content (AvgIpc) is 2.43. The molecule has 0 amide bonds. The number of nitrogens with one attached hydrogen (secondary N) is 1. The summed E-state index contributed by atoms with van der Waals surface area (Å²) >= 11 is 0. The molecule has 4 nitrogen and oxygen atoms in total. The van der Waals surface area contributed by atoms with Crippen molar-refractivity contribution in [1.82, 2.24) is 5.32 Å². The van der Waals surface area contributed by atoms with Crippen LogP contribution in [0.2, 0.25) is 0 Å². The molecule has 0 spiro atoms. The summed E-state index contributed by atoms with van der Waals surface area (Å²) in [5, 5.41) is 3.08. The van der Waals surface area contributed by atoms with Crippen molar-refractivity contribution in [2.75, 3.05) is 13.8 Å². The standard InChI is InChI=1S/C14H19NO3/c1-3-5-12(15-2)14(16)10-6-4-7-13-11(10)8-17-9-18-13/h4,6-7,12,15H,3,5,8-9H2,1-2H3. The monoisotopic (exact) mass is 249 g/mol. The number of hydrogen-bond donors (Lipinski definition) is 1. The summed E-state index contributed by atoms with van der Waals surface area (Å²) in [4.78, 5) is 12.5. The number of benzene rings is 1. The third-order valence-electron chi connectivity index (χ3n) is 3.18. The largest absolute Gasteiger partial charge is 0.467 e. The van der Waals surface area contributed by atoms with Crippen molar-refractivity contribution in [3.05, 3.63) is 29.3 Å². The molecule has 0 bridgehead atoms. The number of ether oxygens (including phenoxy) is 2. The van der Waals surface area contributed by atoms with E-state index in [-0.39, 0.29) is 18.6 Å². The summed E-state index contributed by atoms with van der Waals surface area (Å²) in [6.45, 7) is 2.78. The Morgan fingerprint density at radius 3 is 3.06 bits per heavy atom. The van der Waals surface area contributed by atoms with Crippen molar-refractivity contribution in [1.29, 1.82) is 0 Å². The van der Waals surface area contributed by atoms with Gasteiger partial charge in [0, 0.05) is 11.1 Å². The molecule has 1 unspecified atom stereocenters. The van der Waals surface area contributed by atoms with E-state index in [1.807, 2.05) is 25.2 Å². The summed E-state index contributed by atoms with van der Waals surface area (Å²) in [5.74, 6) is 0.878. The predicted octanol–water partition coefficient (Wildman–Crippen LogP) is 2.12. The number of carbonyl (C=O) groups is 1. The van der Waals surface area contributed by atoms with Gasteiger partial charge in [-0.25, -0.2) is 0 Å². The van der Waals surface area contributed by atoms with Gasteiger partial charge in [0.2, 0.25) is 0 Å². The lowest BCUT2D eigenvalue weighted by atomic mass is 9.96. The summed E-state index contributed by atoms with van der Waals surface area (Å²) in [6, 6.07) is 5.45. The van der Waals surface area contributed by atoms with Crippen molar-refractivity contribution >= 4 is 5.78 Å². The lowest BCUT2D eigenvalue weighted by Gasteiger charge is -2.22. The second kappa shape index (κ2) is 5.98. The highest BCUT2D eigenvalue weighted by Gasteiger charge is 2.23. The van der Waals surface area contributed by atoms with Crippen molar-refractivity contribution < 1.29 is 14.3 Å². The van der Waals surface area contributed by atoms with Crippen molar-refractivity contribution in [3.8, 4) is 5.75 Å². The van der Waals surface area contributed by atoms with Crippen LogP contribution in [0.5, 0.6) is 5.75 Å². The zero-order valence-corrected chi connectivity index (χ0v) is 10.9. The van der Waals surface area contributed by atoms with Crippen molar-refractivity contribution in [2.45, 2.75) is 32.4 Å². The van der Waals surface area contributed by atoms with E-state index < -0.39 is 0 Å². The van der Waals surface area contributed by atoms with E-state index in [9.17, 15) is 4.79 Å². The zero-order chi connectivity index (χ0) is 13.0. The Morgan fingerprint density at radius 2 is 2.33 bits per heavy atom. The summed E-state index contributed by atoms with van der Waals surface area (Å²) in [6.07, 6.45) is 1.81. The molecule has 2 rings (SSSR count). The van der Waals surface area contributed by atoms with Crippen molar-refractivity contribution in [2.24, 2.45) is 0 Å². The van der Waals surface area contributed by atoms with Gasteiger partial charge in [-0.2, -0.15) is 0 Å². The molecule has 1 atom stereocenters. The molecule has 0 saturated carbocycles. The number of rotatable bonds is 5. The smallest absolute Gasteiger partial charge is 0.189 e. The van der Waals surface area contributed by atoms with Gasteiger partial charge in [-0.3, -0.25) is 4.79 Å². The zero-order valence-electron chi connectivity index (χ0n) is 10.9. The van der Waals surface area contributed by atoms with E-state index in [2.05, 4.69) is 12.2 Å². The van der Waals surface area contributed by atoms with E-state index in [4.69, 9.17) is 9.47 Å². The SMILES string of the molecule is CCCC(NC)C(=O)c1cccc2c1COCO2. The van der Waals surface area contributed by atoms with Crippen LogP contribution in [0.3, 0.4) is 0 Å². The van der Waals surface area contributed by atoms with Gasteiger partial charge in [0.1, 0.15) is 5.75 Å². The number of likely N-dealkylation sites (N-methyl/N-ethyl adjacent to an activating group) is 1. The van der Waals surface area contributed by atoms with Gasteiger partial charge in [-0.15, -0.1) is 0 Å². The summed E-state index contributed by atoms with van der Waals surface area (Å²) < 4.78 is 10.7. The number of carbonyl (C=O) groups excluding carboxylic acids is 1. The Bertz CT molecular complexity index is 431. The second-order valence-corrected chi connectivity index (χ2v) is 4.39. The maximum atomic E-state index is 12.5. The lowest BCUT2D eigenvalue weighted by molar-refractivity contribution is -0.0167. The molecule has 1 heterocycles. The third kappa shape index (κ3) is 2.54. The summed E-state index contributed by atoms with van der Waals surface area (Å²) in [5.41, 5.74) is 1.57. The van der Waals surface area contributed by atoms with Crippen LogP contribution < -0.4 is 10.1 Å². The Balaban J connectivity index is 2.29. The molecule has 0 fully saturated rings. The van der Waals surface area contributed by atoms with Gasteiger partial charge in [-0.1, -0.05) is 25.5 Å². The molecular weight excluding hydrogens is 230 g/mol. The Hall–Kier alpha value is -1.39. The molecule has 0 aliphatic carbocycles. The minimum atomic E-state index is -0.136. The van der Waals surface area contributed by atoms with Gasteiger partial charge in [0.15, 0.2) is 12.6 Å². The number of ketones is 1. The van der Waals surface area contributed by atoms with Crippen LogP contribution in [0.1, 0.15) is 35.7 Å². The van der Waals surface area contributed by atoms with Crippen molar-refractivity contribution in [3.63, 3.8) is 0 Å². The quantitative estimate of drug-likeness (QED) is 0.812. The molecule has 18 heavy (non-hydrogen) atoms. The molecule has 0 aromatic heterocycles. The van der Waals surface area contributed by atoms with Crippen LogP contribution >= 0.6 is 0 Å². The van der Waals surface area contributed by atoms with Crippen LogP contribution in [0, 0.1) is 0 Å². The maximum Gasteiger partial charge on any atom is 0.189 e. The Morgan fingerprint density at radius 1 is 1.50 bits per heavy atom. The third-order valence-corrected chi connectivity index (χ3v) is 3.18. The fourth-order valence-corrected chi connectivity index (χ4v) is 2.21. The minimum absolute atomic E-state index is 0.116. The Kier molecular flexibility index (Phi) is 4.33. The van der Waals surface area contributed by atoms with E-state index in [0.29, 0.717) is 12.2 Å². The van der Waals surface area contributed by atoms with Crippen LogP contribution in [0.15, 0.2) is 18.2 Å². The maximum absolute atomic E-state index is 12.5. The molecule has 0 saturated heterocycles. The van der Waals surface area contributed by atoms with E-state index >= 15 is 0 Å². The number of fused-ring (bicyclic) bond motifs is 1. The Labute approximate surface area is 107 Å². The fraction of sp³-hybridized carbons (Fsp3) is 0.500. The fourth-order valence-electron chi connectivity index (χ4n) is 2.21. The minimum Gasteiger partial charge on any atom is -0.467 e. The molecular formula is C14H19NO3. The number of Topliss-reactive ketones (excluding diaryl/α,β-unsaturated/α-hetero) is 1. The predicted molar refractivity (Wildman–Crippen MR) is 68.8 cm³/mol. The van der Waals surface area contributed by atoms with E-state index in [0.717, 1.165) is 24.2 Å². The van der Waals surface area contributed by atoms with Crippen LogP contribution in [0.4, 0.5) is 0 Å². The van der Waals surface area contributed by atoms with Gasteiger partial charge in [0.05, 0.1) is 12.6 Å². The van der Waals surface area contributed by atoms with Crippen LogP contribution in [0.25, 0.3) is 0 Å². The molecule has 1 aromatic carbocycles. The molecule has 4 heteroatoms. The second-order valence-electron chi connectivity index (χ2n) is 4.39. The van der Waals surface area contributed by atoms with Gasteiger partial charge in [0.25, 0.3) is 0 Å². The van der Waals surface area contributed by atoms with Gasteiger partial charge >= 0.3 is 0 Å². The first-order chi connectivity index (χ1) is 8.77.